The zero-order chi connectivity index (χ0) is 24.0. The molecule has 0 saturated carbocycles. The van der Waals surface area contributed by atoms with Gasteiger partial charge in [0.15, 0.2) is 9.84 Å². The van der Waals surface area contributed by atoms with E-state index in [4.69, 9.17) is 4.74 Å². The van der Waals surface area contributed by atoms with Crippen LogP contribution in [0, 0.1) is 11.6 Å². The molecular weight excluding hydrogens is 465 g/mol. The molecule has 0 amide bonds. The number of ether oxygens (including phenoxy) is 1. The lowest BCUT2D eigenvalue weighted by molar-refractivity contribution is -0.136. The monoisotopic (exact) mass is 479 g/mol. The van der Waals surface area contributed by atoms with E-state index in [1.165, 1.54) is 30.3 Å². The van der Waals surface area contributed by atoms with Gasteiger partial charge in [-0.3, -0.25) is 4.98 Å². The number of para-hydroxylation sites is 1. The van der Waals surface area contributed by atoms with E-state index in [1.54, 1.807) is 0 Å². The number of hydrogen-bond donors (Lipinski definition) is 0. The second kappa shape index (κ2) is 8.11. The van der Waals surface area contributed by atoms with E-state index < -0.39 is 33.2 Å². The van der Waals surface area contributed by atoms with E-state index >= 15 is 0 Å². The van der Waals surface area contributed by atoms with Crippen molar-refractivity contribution in [2.45, 2.75) is 11.1 Å². The molecule has 4 rings (SSSR count). The van der Waals surface area contributed by atoms with Crippen molar-refractivity contribution < 1.29 is 35.1 Å². The Labute approximate surface area is 185 Å². The van der Waals surface area contributed by atoms with Crippen molar-refractivity contribution in [1.29, 1.82) is 0 Å². The molecule has 0 radical (unpaired) electrons. The van der Waals surface area contributed by atoms with Crippen LogP contribution in [0.25, 0.3) is 22.0 Å². The van der Waals surface area contributed by atoms with Crippen LogP contribution in [-0.2, 0) is 16.0 Å². The van der Waals surface area contributed by atoms with Gasteiger partial charge in [0, 0.05) is 29.5 Å². The second-order valence-electron chi connectivity index (χ2n) is 7.20. The molecule has 33 heavy (non-hydrogen) atoms. The highest BCUT2D eigenvalue weighted by Gasteiger charge is 2.33. The van der Waals surface area contributed by atoms with Gasteiger partial charge >= 0.3 is 6.18 Å². The van der Waals surface area contributed by atoms with E-state index in [2.05, 4.69) is 4.98 Å². The zero-order valence-corrected chi connectivity index (χ0v) is 17.6. The van der Waals surface area contributed by atoms with Gasteiger partial charge in [-0.2, -0.15) is 13.2 Å². The molecule has 0 aliphatic rings. The van der Waals surface area contributed by atoms with Crippen LogP contribution in [0.5, 0.6) is 11.5 Å². The number of nitrogens with zero attached hydrogens (tertiary/aromatic N) is 1. The third-order valence-corrected chi connectivity index (χ3v) is 5.91. The van der Waals surface area contributed by atoms with Crippen LogP contribution >= 0.6 is 0 Å². The number of sulfone groups is 1. The molecular formula is C23H14F5NO3S. The molecule has 0 unspecified atom stereocenters. The first kappa shape index (κ1) is 22.7. The van der Waals surface area contributed by atoms with Gasteiger partial charge in [0.1, 0.15) is 23.1 Å². The molecule has 0 spiro atoms. The molecule has 0 N–H and O–H groups in total. The normalized spacial score (nSPS) is 12.2. The Morgan fingerprint density at radius 3 is 2.33 bits per heavy atom. The number of benzene rings is 3. The first-order valence-corrected chi connectivity index (χ1v) is 11.3. The number of alkyl halides is 3. The zero-order valence-electron chi connectivity index (χ0n) is 16.8. The molecule has 3 aromatic carbocycles. The van der Waals surface area contributed by atoms with Crippen molar-refractivity contribution in [3.05, 3.63) is 84.1 Å². The second-order valence-corrected chi connectivity index (χ2v) is 9.21. The van der Waals surface area contributed by atoms with Crippen molar-refractivity contribution in [1.82, 2.24) is 4.98 Å². The molecule has 0 atom stereocenters. The number of fused-ring (bicyclic) bond motifs is 1. The lowest BCUT2D eigenvalue weighted by Gasteiger charge is -2.14. The van der Waals surface area contributed by atoms with Crippen LogP contribution in [0.3, 0.4) is 0 Å². The van der Waals surface area contributed by atoms with Crippen LogP contribution in [0.2, 0.25) is 0 Å². The van der Waals surface area contributed by atoms with E-state index in [0.29, 0.717) is 0 Å². The fraction of sp³-hybridized carbons (Fsp3) is 0.0870. The summed E-state index contributed by atoms with van der Waals surface area (Å²) in [5.74, 6) is -1.71. The minimum atomic E-state index is -4.65. The molecule has 0 bridgehead atoms. The third-order valence-electron chi connectivity index (χ3n) is 4.81. The third kappa shape index (κ3) is 4.65. The first-order valence-electron chi connectivity index (χ1n) is 9.37. The number of halogens is 5. The SMILES string of the molecule is CS(=O)(=O)c1cc(F)cc(Oc2ccc(F)c(-c3ccnc4c(C(F)(F)F)cccc34)c2)c1. The molecule has 0 aliphatic heterocycles. The van der Waals surface area contributed by atoms with Crippen molar-refractivity contribution in [3.8, 4) is 22.6 Å². The number of hydrogen-bond acceptors (Lipinski definition) is 4. The van der Waals surface area contributed by atoms with Gasteiger partial charge in [-0.1, -0.05) is 12.1 Å². The molecule has 1 heterocycles. The van der Waals surface area contributed by atoms with Gasteiger partial charge in [-0.05, 0) is 48.0 Å². The summed E-state index contributed by atoms with van der Waals surface area (Å²) in [6.45, 7) is 0. The molecule has 170 valence electrons. The average Bonchev–Trinajstić information content (AvgIpc) is 2.72. The van der Waals surface area contributed by atoms with Crippen LogP contribution < -0.4 is 4.74 Å². The molecule has 10 heteroatoms. The Hall–Kier alpha value is -3.53. The van der Waals surface area contributed by atoms with Gasteiger partial charge in [-0.25, -0.2) is 17.2 Å². The molecule has 0 fully saturated rings. The number of rotatable bonds is 4. The van der Waals surface area contributed by atoms with E-state index in [1.807, 2.05) is 0 Å². The van der Waals surface area contributed by atoms with Crippen LogP contribution in [-0.4, -0.2) is 19.7 Å². The Bertz CT molecular complexity index is 1480. The number of aromatic nitrogens is 1. The molecule has 4 aromatic rings. The first-order chi connectivity index (χ1) is 15.4. The smallest absolute Gasteiger partial charge is 0.418 e. The maximum Gasteiger partial charge on any atom is 0.418 e. The Morgan fingerprint density at radius 2 is 1.64 bits per heavy atom. The molecule has 4 nitrogen and oxygen atoms in total. The maximum absolute atomic E-state index is 14.7. The van der Waals surface area contributed by atoms with Crippen LogP contribution in [0.1, 0.15) is 5.56 Å². The predicted octanol–water partition coefficient (Wildman–Crippen LogP) is 6.39. The minimum absolute atomic E-state index is 0.0217. The maximum atomic E-state index is 14.7. The largest absolute Gasteiger partial charge is 0.457 e. The summed E-state index contributed by atoms with van der Waals surface area (Å²) in [4.78, 5) is 3.52. The minimum Gasteiger partial charge on any atom is -0.457 e. The van der Waals surface area contributed by atoms with Gasteiger partial charge < -0.3 is 4.74 Å². The summed E-state index contributed by atoms with van der Waals surface area (Å²) in [6.07, 6.45) is -2.60. The Kier molecular flexibility index (Phi) is 5.57. The quantitative estimate of drug-likeness (QED) is 0.318. The van der Waals surface area contributed by atoms with Gasteiger partial charge in [0.05, 0.1) is 16.0 Å². The van der Waals surface area contributed by atoms with Gasteiger partial charge in [-0.15, -0.1) is 0 Å². The van der Waals surface area contributed by atoms with Crippen LogP contribution in [0.15, 0.2) is 71.8 Å². The predicted molar refractivity (Wildman–Crippen MR) is 112 cm³/mol. The average molecular weight is 479 g/mol. The summed E-state index contributed by atoms with van der Waals surface area (Å²) in [6, 6.07) is 11.3. The standard InChI is InChI=1S/C23H14F5NO3S/c1-33(30,31)16-10-13(24)9-15(11-16)32-14-5-6-21(25)19(12-14)17-7-8-29-22-18(17)3-2-4-20(22)23(26,27)28/h2-12H,1H3. The fourth-order valence-corrected chi connectivity index (χ4v) is 4.02. The van der Waals surface area contributed by atoms with Crippen molar-refractivity contribution >= 4 is 20.7 Å². The van der Waals surface area contributed by atoms with Crippen molar-refractivity contribution in [2.75, 3.05) is 6.26 Å². The fourth-order valence-electron chi connectivity index (χ4n) is 3.36. The van der Waals surface area contributed by atoms with Gasteiger partial charge in [0.25, 0.3) is 0 Å². The summed E-state index contributed by atoms with van der Waals surface area (Å²) >= 11 is 0. The summed E-state index contributed by atoms with van der Waals surface area (Å²) < 4.78 is 97.7. The van der Waals surface area contributed by atoms with Crippen LogP contribution in [0.4, 0.5) is 22.0 Å². The number of pyridine rings is 1. The summed E-state index contributed by atoms with van der Waals surface area (Å²) in [5.41, 5.74) is -1.22. The highest BCUT2D eigenvalue weighted by molar-refractivity contribution is 7.90. The van der Waals surface area contributed by atoms with E-state index in [0.717, 1.165) is 42.8 Å². The summed E-state index contributed by atoms with van der Waals surface area (Å²) in [7, 11) is -3.72. The van der Waals surface area contributed by atoms with Gasteiger partial charge in [0.2, 0.25) is 0 Å². The topological polar surface area (TPSA) is 56.3 Å². The molecule has 1 aromatic heterocycles. The lowest BCUT2D eigenvalue weighted by Crippen LogP contribution is -2.06. The lowest BCUT2D eigenvalue weighted by atomic mass is 9.98. The Balaban J connectivity index is 1.82. The van der Waals surface area contributed by atoms with Crippen molar-refractivity contribution in [2.24, 2.45) is 0 Å². The van der Waals surface area contributed by atoms with Crippen molar-refractivity contribution in [3.63, 3.8) is 0 Å². The molecule has 0 aliphatic carbocycles. The molecule has 0 saturated heterocycles. The highest BCUT2D eigenvalue weighted by Crippen LogP contribution is 2.38. The van der Waals surface area contributed by atoms with E-state index in [-0.39, 0.29) is 38.4 Å². The van der Waals surface area contributed by atoms with E-state index in [9.17, 15) is 30.4 Å². The highest BCUT2D eigenvalue weighted by atomic mass is 32.2. The summed E-state index contributed by atoms with van der Waals surface area (Å²) in [5, 5.41) is 0.0773. The Morgan fingerprint density at radius 1 is 0.879 bits per heavy atom.